The Bertz CT molecular complexity index is 441. The quantitative estimate of drug-likeness (QED) is 0.371. The number of hydrogen-bond acceptors (Lipinski definition) is 3. The van der Waals surface area contributed by atoms with Crippen molar-refractivity contribution in [3.63, 3.8) is 0 Å². The lowest BCUT2D eigenvalue weighted by Crippen LogP contribution is -2.25. The van der Waals surface area contributed by atoms with Gasteiger partial charge in [0, 0.05) is 5.56 Å². The molecule has 4 heteroatoms. The number of rotatable bonds is 3. The molecule has 0 saturated carbocycles. The third-order valence-electron chi connectivity index (χ3n) is 2.32. The first-order chi connectivity index (χ1) is 8.21. The fourth-order valence-electron chi connectivity index (χ4n) is 1.18. The Morgan fingerprint density at radius 1 is 1.17 bits per heavy atom. The summed E-state index contributed by atoms with van der Waals surface area (Å²) in [6.45, 7) is 7.15. The van der Waals surface area contributed by atoms with E-state index in [9.17, 15) is 9.59 Å². The van der Waals surface area contributed by atoms with Gasteiger partial charge in [-0.15, -0.1) is 0 Å². The molecule has 1 atom stereocenters. The second-order valence-corrected chi connectivity index (χ2v) is 6.52. The molecule has 0 heterocycles. The minimum Gasteiger partial charge on any atom is -0.426 e. The number of carbonyl (C=O) groups excluding carboxylic acids is 2. The van der Waals surface area contributed by atoms with Crippen LogP contribution in [0.15, 0.2) is 24.3 Å². The average molecular weight is 313 g/mol. The Morgan fingerprint density at radius 2 is 1.67 bits per heavy atom. The summed E-state index contributed by atoms with van der Waals surface area (Å²) in [4.78, 5) is 23.1. The van der Waals surface area contributed by atoms with Crippen LogP contribution in [0, 0.1) is 5.41 Å². The molecule has 0 saturated heterocycles. The zero-order valence-electron chi connectivity index (χ0n) is 11.0. The van der Waals surface area contributed by atoms with E-state index in [2.05, 4.69) is 15.9 Å². The lowest BCUT2D eigenvalue weighted by molar-refractivity contribution is -0.142. The maximum atomic E-state index is 11.7. The summed E-state index contributed by atoms with van der Waals surface area (Å²) in [5.74, 6) is 0.160. The summed E-state index contributed by atoms with van der Waals surface area (Å²) in [7, 11) is 0. The first-order valence-electron chi connectivity index (χ1n) is 5.72. The van der Waals surface area contributed by atoms with Crippen molar-refractivity contribution in [1.29, 1.82) is 0 Å². The van der Waals surface area contributed by atoms with E-state index < -0.39 is 5.41 Å². The Morgan fingerprint density at radius 3 is 2.06 bits per heavy atom. The second kappa shape index (κ2) is 5.65. The van der Waals surface area contributed by atoms with Crippen LogP contribution in [-0.2, 0) is 4.79 Å². The third-order valence-corrected chi connectivity index (χ3v) is 2.74. The van der Waals surface area contributed by atoms with Crippen molar-refractivity contribution >= 4 is 27.7 Å². The van der Waals surface area contributed by atoms with Crippen LogP contribution in [0.1, 0.15) is 38.1 Å². The lowest BCUT2D eigenvalue weighted by atomic mass is 9.97. The van der Waals surface area contributed by atoms with E-state index in [4.69, 9.17) is 4.74 Å². The number of alkyl halides is 1. The lowest BCUT2D eigenvalue weighted by Gasteiger charge is -2.16. The molecule has 0 aliphatic heterocycles. The van der Waals surface area contributed by atoms with Crippen LogP contribution in [0.2, 0.25) is 0 Å². The van der Waals surface area contributed by atoms with Crippen LogP contribution >= 0.6 is 15.9 Å². The van der Waals surface area contributed by atoms with Gasteiger partial charge >= 0.3 is 5.97 Å². The molecule has 0 N–H and O–H groups in total. The van der Waals surface area contributed by atoms with Gasteiger partial charge in [-0.05, 0) is 52.0 Å². The van der Waals surface area contributed by atoms with Gasteiger partial charge in [0.05, 0.1) is 10.2 Å². The number of ketones is 1. The van der Waals surface area contributed by atoms with Gasteiger partial charge in [-0.1, -0.05) is 15.9 Å². The van der Waals surface area contributed by atoms with Gasteiger partial charge < -0.3 is 4.74 Å². The zero-order chi connectivity index (χ0) is 13.9. The minimum absolute atomic E-state index is 0.00342. The summed E-state index contributed by atoms with van der Waals surface area (Å²) in [6.07, 6.45) is 0. The Kier molecular flexibility index (Phi) is 4.68. The highest BCUT2D eigenvalue weighted by Gasteiger charge is 2.23. The van der Waals surface area contributed by atoms with Gasteiger partial charge in [0.1, 0.15) is 5.75 Å². The number of Topliss-reactive ketones (excluding diaryl/α,β-unsaturated/α-hetero) is 1. The van der Waals surface area contributed by atoms with Gasteiger partial charge in [0.15, 0.2) is 5.78 Å². The van der Waals surface area contributed by atoms with Crippen molar-refractivity contribution in [3.05, 3.63) is 29.8 Å². The largest absolute Gasteiger partial charge is 0.426 e. The standard InChI is InChI=1S/C14H17BrO3/c1-9(15)12(16)10-5-7-11(8-6-10)18-13(17)14(2,3)4/h5-9H,1-4H3/t9-/m0/s1. The average Bonchev–Trinajstić information content (AvgIpc) is 2.27. The first kappa shape index (κ1) is 14.9. The van der Waals surface area contributed by atoms with Crippen molar-refractivity contribution < 1.29 is 14.3 Å². The maximum Gasteiger partial charge on any atom is 0.316 e. The molecule has 1 aromatic rings. The molecule has 0 amide bonds. The number of halogens is 1. The minimum atomic E-state index is -0.543. The Balaban J connectivity index is 2.78. The van der Waals surface area contributed by atoms with Gasteiger partial charge in [-0.3, -0.25) is 9.59 Å². The highest BCUT2D eigenvalue weighted by molar-refractivity contribution is 9.10. The topological polar surface area (TPSA) is 43.4 Å². The van der Waals surface area contributed by atoms with Crippen LogP contribution in [0.5, 0.6) is 5.75 Å². The van der Waals surface area contributed by atoms with E-state index in [1.807, 2.05) is 0 Å². The Hall–Kier alpha value is -1.16. The molecule has 0 spiro atoms. The molecule has 0 unspecified atom stereocenters. The molecule has 0 aromatic heterocycles. The van der Waals surface area contributed by atoms with Crippen molar-refractivity contribution in [2.45, 2.75) is 32.5 Å². The van der Waals surface area contributed by atoms with Crippen molar-refractivity contribution in [2.75, 3.05) is 0 Å². The fourth-order valence-corrected chi connectivity index (χ4v) is 1.44. The zero-order valence-corrected chi connectivity index (χ0v) is 12.6. The molecule has 0 aliphatic carbocycles. The van der Waals surface area contributed by atoms with Crippen molar-refractivity contribution in [2.24, 2.45) is 5.41 Å². The van der Waals surface area contributed by atoms with Crippen molar-refractivity contribution in [1.82, 2.24) is 0 Å². The fraction of sp³-hybridized carbons (Fsp3) is 0.429. The van der Waals surface area contributed by atoms with Gasteiger partial charge in [-0.25, -0.2) is 0 Å². The summed E-state index contributed by atoms with van der Waals surface area (Å²) in [5.41, 5.74) is 0.0497. The van der Waals surface area contributed by atoms with E-state index in [1.54, 1.807) is 52.0 Å². The van der Waals surface area contributed by atoms with E-state index in [-0.39, 0.29) is 16.6 Å². The van der Waals surface area contributed by atoms with Gasteiger partial charge in [0.2, 0.25) is 0 Å². The smallest absolute Gasteiger partial charge is 0.316 e. The number of hydrogen-bond donors (Lipinski definition) is 0. The predicted octanol–water partition coefficient (Wildman–Crippen LogP) is 3.60. The molecule has 18 heavy (non-hydrogen) atoms. The molecule has 1 aromatic carbocycles. The monoisotopic (exact) mass is 312 g/mol. The van der Waals surface area contributed by atoms with E-state index in [0.717, 1.165) is 0 Å². The van der Waals surface area contributed by atoms with Crippen molar-refractivity contribution in [3.8, 4) is 5.75 Å². The van der Waals surface area contributed by atoms with E-state index >= 15 is 0 Å². The summed E-state index contributed by atoms with van der Waals surface area (Å²) in [5, 5.41) is 0. The SMILES string of the molecule is C[C@H](Br)C(=O)c1ccc(OC(=O)C(C)(C)C)cc1. The Labute approximate surface area is 116 Å². The van der Waals surface area contributed by atoms with Crippen LogP contribution in [-0.4, -0.2) is 16.6 Å². The maximum absolute atomic E-state index is 11.7. The first-order valence-corrected chi connectivity index (χ1v) is 6.64. The predicted molar refractivity (Wildman–Crippen MR) is 74.3 cm³/mol. The van der Waals surface area contributed by atoms with Crippen LogP contribution in [0.3, 0.4) is 0 Å². The molecular formula is C14H17BrO3. The summed E-state index contributed by atoms with van der Waals surface area (Å²) < 4.78 is 5.21. The molecule has 98 valence electrons. The number of carbonyl (C=O) groups is 2. The highest BCUT2D eigenvalue weighted by Crippen LogP contribution is 2.20. The molecule has 0 radical (unpaired) electrons. The van der Waals surface area contributed by atoms with E-state index in [0.29, 0.717) is 11.3 Å². The molecule has 3 nitrogen and oxygen atoms in total. The van der Waals surface area contributed by atoms with Crippen LogP contribution in [0.4, 0.5) is 0 Å². The van der Waals surface area contributed by atoms with Gasteiger partial charge in [-0.2, -0.15) is 0 Å². The van der Waals surface area contributed by atoms with Crippen LogP contribution < -0.4 is 4.74 Å². The summed E-state index contributed by atoms with van der Waals surface area (Å²) in [6, 6.07) is 6.58. The molecular weight excluding hydrogens is 296 g/mol. The molecule has 0 fully saturated rings. The molecule has 0 bridgehead atoms. The number of ether oxygens (including phenoxy) is 1. The normalized spacial score (nSPS) is 12.9. The third kappa shape index (κ3) is 3.95. The van der Waals surface area contributed by atoms with Gasteiger partial charge in [0.25, 0.3) is 0 Å². The van der Waals surface area contributed by atoms with Crippen LogP contribution in [0.25, 0.3) is 0 Å². The summed E-state index contributed by atoms with van der Waals surface area (Å²) >= 11 is 3.23. The number of benzene rings is 1. The van der Waals surface area contributed by atoms with E-state index in [1.165, 1.54) is 0 Å². The highest BCUT2D eigenvalue weighted by atomic mass is 79.9. The molecule has 0 aliphatic rings. The molecule has 1 rings (SSSR count). The number of esters is 1. The second-order valence-electron chi connectivity index (χ2n) is 5.14.